The maximum atomic E-state index is 12.7. The Morgan fingerprint density at radius 2 is 1.94 bits per heavy atom. The molecule has 2 rings (SSSR count). The van der Waals surface area contributed by atoms with Crippen molar-refractivity contribution in [2.75, 3.05) is 6.54 Å². The summed E-state index contributed by atoms with van der Waals surface area (Å²) >= 11 is 0. The van der Waals surface area contributed by atoms with Crippen molar-refractivity contribution in [3.05, 3.63) is 41.7 Å². The summed E-state index contributed by atoms with van der Waals surface area (Å²) in [5, 5.41) is 0.666. The second-order valence-corrected chi connectivity index (χ2v) is 3.78. The minimum atomic E-state index is -4.37. The molecule has 0 bridgehead atoms. The van der Waals surface area contributed by atoms with Gasteiger partial charge in [-0.05, 0) is 30.0 Å². The predicted octanol–water partition coefficient (Wildman–Crippen LogP) is 2.75. The van der Waals surface area contributed by atoms with Gasteiger partial charge in [0.2, 0.25) is 0 Å². The highest BCUT2D eigenvalue weighted by molar-refractivity contribution is 5.85. The van der Waals surface area contributed by atoms with E-state index < -0.39 is 11.7 Å². The van der Waals surface area contributed by atoms with Crippen LogP contribution >= 0.6 is 0 Å². The normalized spacial score (nSPS) is 12.0. The molecule has 0 fully saturated rings. The Hall–Kier alpha value is -1.62. The Morgan fingerprint density at radius 3 is 2.59 bits per heavy atom. The zero-order valence-electron chi connectivity index (χ0n) is 8.96. The van der Waals surface area contributed by atoms with Gasteiger partial charge in [-0.2, -0.15) is 13.2 Å². The number of fused-ring (bicyclic) bond motifs is 1. The van der Waals surface area contributed by atoms with Crippen molar-refractivity contribution in [3.63, 3.8) is 0 Å². The Morgan fingerprint density at radius 1 is 1.18 bits per heavy atom. The molecule has 0 aliphatic carbocycles. The Bertz CT molecular complexity index is 535. The van der Waals surface area contributed by atoms with Gasteiger partial charge in [-0.15, -0.1) is 0 Å². The van der Waals surface area contributed by atoms with Gasteiger partial charge in [0.25, 0.3) is 0 Å². The van der Waals surface area contributed by atoms with Crippen molar-refractivity contribution >= 4 is 10.8 Å². The largest absolute Gasteiger partial charge is 0.418 e. The van der Waals surface area contributed by atoms with Crippen LogP contribution in [0.25, 0.3) is 10.8 Å². The molecule has 1 aromatic heterocycles. The summed E-state index contributed by atoms with van der Waals surface area (Å²) in [6.45, 7) is 0.470. The number of halogens is 3. The van der Waals surface area contributed by atoms with Gasteiger partial charge in [0.05, 0.1) is 5.56 Å². The number of benzene rings is 1. The fraction of sp³-hybridized carbons (Fsp3) is 0.250. The summed E-state index contributed by atoms with van der Waals surface area (Å²) in [6.07, 6.45) is -1.44. The smallest absolute Gasteiger partial charge is 0.330 e. The molecule has 1 heterocycles. The molecule has 0 saturated heterocycles. The summed E-state index contributed by atoms with van der Waals surface area (Å²) in [5.41, 5.74) is 5.63. The lowest BCUT2D eigenvalue weighted by Crippen LogP contribution is -2.07. The van der Waals surface area contributed by atoms with Crippen LogP contribution in [-0.4, -0.2) is 11.5 Å². The van der Waals surface area contributed by atoms with Gasteiger partial charge in [-0.1, -0.05) is 12.1 Å². The van der Waals surface area contributed by atoms with Crippen LogP contribution in [0.1, 0.15) is 11.1 Å². The SMILES string of the molecule is NCCc1ccc2c(C(F)(F)F)cncc2c1. The highest BCUT2D eigenvalue weighted by Crippen LogP contribution is 2.34. The van der Waals surface area contributed by atoms with Crippen molar-refractivity contribution in [2.24, 2.45) is 5.73 Å². The maximum absolute atomic E-state index is 12.7. The molecular formula is C12H11F3N2. The molecule has 0 aliphatic rings. The van der Waals surface area contributed by atoms with Crippen LogP contribution in [0.15, 0.2) is 30.6 Å². The molecule has 2 N–H and O–H groups in total. The molecule has 5 heteroatoms. The fourth-order valence-corrected chi connectivity index (χ4v) is 1.77. The van der Waals surface area contributed by atoms with E-state index in [1.165, 1.54) is 12.3 Å². The van der Waals surface area contributed by atoms with Crippen LogP contribution in [0.4, 0.5) is 13.2 Å². The van der Waals surface area contributed by atoms with E-state index >= 15 is 0 Å². The second-order valence-electron chi connectivity index (χ2n) is 3.78. The number of pyridine rings is 1. The van der Waals surface area contributed by atoms with E-state index in [0.717, 1.165) is 11.8 Å². The molecule has 0 aliphatic heterocycles. The summed E-state index contributed by atoms with van der Waals surface area (Å²) in [4.78, 5) is 3.63. The monoisotopic (exact) mass is 240 g/mol. The number of hydrogen-bond acceptors (Lipinski definition) is 2. The first-order chi connectivity index (χ1) is 8.02. The van der Waals surface area contributed by atoms with Gasteiger partial charge in [0.15, 0.2) is 0 Å². The van der Waals surface area contributed by atoms with Gasteiger partial charge in [-0.3, -0.25) is 4.98 Å². The van der Waals surface area contributed by atoms with Gasteiger partial charge < -0.3 is 5.73 Å². The number of nitrogens with two attached hydrogens (primary N) is 1. The van der Waals surface area contributed by atoms with Crippen molar-refractivity contribution in [1.82, 2.24) is 4.98 Å². The van der Waals surface area contributed by atoms with Gasteiger partial charge in [0, 0.05) is 17.8 Å². The summed E-state index contributed by atoms with van der Waals surface area (Å²) < 4.78 is 38.1. The highest BCUT2D eigenvalue weighted by atomic mass is 19.4. The highest BCUT2D eigenvalue weighted by Gasteiger charge is 2.32. The van der Waals surface area contributed by atoms with Crippen LogP contribution in [0.2, 0.25) is 0 Å². The molecule has 0 spiro atoms. The molecule has 0 saturated carbocycles. The molecule has 1 aromatic carbocycles. The third-order valence-electron chi connectivity index (χ3n) is 2.56. The summed E-state index contributed by atoms with van der Waals surface area (Å²) in [7, 11) is 0. The van der Waals surface area contributed by atoms with Crippen molar-refractivity contribution in [3.8, 4) is 0 Å². The fourth-order valence-electron chi connectivity index (χ4n) is 1.77. The van der Waals surface area contributed by atoms with Crippen LogP contribution in [-0.2, 0) is 12.6 Å². The number of hydrogen-bond donors (Lipinski definition) is 1. The molecule has 2 aromatic rings. The van der Waals surface area contributed by atoms with E-state index in [1.807, 2.05) is 0 Å². The predicted molar refractivity (Wildman–Crippen MR) is 59.5 cm³/mol. The summed E-state index contributed by atoms with van der Waals surface area (Å²) in [5.74, 6) is 0. The molecule has 90 valence electrons. The van der Waals surface area contributed by atoms with E-state index in [1.54, 1.807) is 12.1 Å². The van der Waals surface area contributed by atoms with Crippen LogP contribution in [0.3, 0.4) is 0 Å². The molecule has 0 unspecified atom stereocenters. The first-order valence-electron chi connectivity index (χ1n) is 5.16. The minimum absolute atomic E-state index is 0.174. The quantitative estimate of drug-likeness (QED) is 0.876. The standard InChI is InChI=1S/C12H11F3N2/c13-12(14,15)11-7-17-6-9-5-8(3-4-16)1-2-10(9)11/h1-2,5-7H,3-4,16H2. The van der Waals surface area contributed by atoms with E-state index in [2.05, 4.69) is 4.98 Å². The third kappa shape index (κ3) is 2.39. The molecule has 0 atom stereocenters. The number of alkyl halides is 3. The zero-order chi connectivity index (χ0) is 12.5. The van der Waals surface area contributed by atoms with Gasteiger partial charge >= 0.3 is 6.18 Å². The average molecular weight is 240 g/mol. The topological polar surface area (TPSA) is 38.9 Å². The van der Waals surface area contributed by atoms with Gasteiger partial charge in [0.1, 0.15) is 0 Å². The Kier molecular flexibility index (Phi) is 3.02. The number of aromatic nitrogens is 1. The third-order valence-corrected chi connectivity index (χ3v) is 2.56. The molecule has 0 amide bonds. The van der Waals surface area contributed by atoms with Crippen molar-refractivity contribution < 1.29 is 13.2 Å². The molecule has 17 heavy (non-hydrogen) atoms. The lowest BCUT2D eigenvalue weighted by molar-refractivity contribution is -0.136. The maximum Gasteiger partial charge on any atom is 0.418 e. The average Bonchev–Trinajstić information content (AvgIpc) is 2.27. The van der Waals surface area contributed by atoms with Crippen molar-refractivity contribution in [2.45, 2.75) is 12.6 Å². The van der Waals surface area contributed by atoms with E-state index in [0.29, 0.717) is 18.4 Å². The van der Waals surface area contributed by atoms with Crippen LogP contribution in [0, 0.1) is 0 Å². The Balaban J connectivity index is 2.59. The number of nitrogens with zero attached hydrogens (tertiary/aromatic N) is 1. The molecular weight excluding hydrogens is 229 g/mol. The summed E-state index contributed by atoms with van der Waals surface area (Å²) in [6, 6.07) is 4.85. The zero-order valence-corrected chi connectivity index (χ0v) is 8.96. The van der Waals surface area contributed by atoms with E-state index in [4.69, 9.17) is 5.73 Å². The molecule has 2 nitrogen and oxygen atoms in total. The van der Waals surface area contributed by atoms with Crippen LogP contribution in [0.5, 0.6) is 0 Å². The second kappa shape index (κ2) is 4.33. The first-order valence-corrected chi connectivity index (χ1v) is 5.16. The molecule has 0 radical (unpaired) electrons. The van der Waals surface area contributed by atoms with Gasteiger partial charge in [-0.25, -0.2) is 0 Å². The van der Waals surface area contributed by atoms with Crippen LogP contribution < -0.4 is 5.73 Å². The first kappa shape index (κ1) is 11.9. The lowest BCUT2D eigenvalue weighted by atomic mass is 10.0. The lowest BCUT2D eigenvalue weighted by Gasteiger charge is -2.10. The Labute approximate surface area is 96.3 Å². The number of rotatable bonds is 2. The van der Waals surface area contributed by atoms with Crippen molar-refractivity contribution in [1.29, 1.82) is 0 Å². The van der Waals surface area contributed by atoms with E-state index in [9.17, 15) is 13.2 Å². The van der Waals surface area contributed by atoms with E-state index in [-0.39, 0.29) is 5.39 Å². The minimum Gasteiger partial charge on any atom is -0.330 e.